The van der Waals surface area contributed by atoms with Gasteiger partial charge in [0, 0.05) is 34.0 Å². The van der Waals surface area contributed by atoms with Gasteiger partial charge in [-0.15, -0.1) is 0 Å². The van der Waals surface area contributed by atoms with E-state index in [4.69, 9.17) is 4.42 Å². The molecule has 252 valence electrons. The highest BCUT2D eigenvalue weighted by molar-refractivity contribution is 6.07. The Kier molecular flexibility index (Phi) is 6.20. The number of furan rings is 1. The highest BCUT2D eigenvalue weighted by atomic mass is 16.3. The predicted molar refractivity (Wildman–Crippen MR) is 224 cm³/mol. The second kappa shape index (κ2) is 11.3. The van der Waals surface area contributed by atoms with Crippen LogP contribution in [0.3, 0.4) is 0 Å². The summed E-state index contributed by atoms with van der Waals surface area (Å²) in [5, 5.41) is 7.76. The third kappa shape index (κ3) is 4.22. The topological polar surface area (TPSA) is 16.4 Å². The van der Waals surface area contributed by atoms with Crippen LogP contribution in [0.15, 0.2) is 186 Å². The summed E-state index contributed by atoms with van der Waals surface area (Å²) in [5.74, 6) is 0.560. The number of nitrogens with zero attached hydrogens (tertiary/aromatic N) is 1. The molecule has 0 fully saturated rings. The van der Waals surface area contributed by atoms with E-state index in [0.29, 0.717) is 5.92 Å². The lowest BCUT2D eigenvalue weighted by molar-refractivity contribution is 0.669. The van der Waals surface area contributed by atoms with E-state index in [-0.39, 0.29) is 5.92 Å². The van der Waals surface area contributed by atoms with Gasteiger partial charge < -0.3 is 9.32 Å². The van der Waals surface area contributed by atoms with Crippen LogP contribution in [0.2, 0.25) is 0 Å². The third-order valence-electron chi connectivity index (χ3n) is 12.0. The molecule has 2 heteroatoms. The number of hydrogen-bond donors (Lipinski definition) is 0. The molecule has 0 spiro atoms. The van der Waals surface area contributed by atoms with Crippen molar-refractivity contribution < 1.29 is 4.42 Å². The molecule has 2 atom stereocenters. The van der Waals surface area contributed by atoms with Crippen LogP contribution in [-0.2, 0) is 0 Å². The molecule has 1 heterocycles. The average molecular weight is 688 g/mol. The first-order chi connectivity index (χ1) is 26.8. The van der Waals surface area contributed by atoms with Crippen molar-refractivity contribution in [2.24, 2.45) is 0 Å². The van der Waals surface area contributed by atoms with Crippen molar-refractivity contribution in [3.05, 3.63) is 209 Å². The molecule has 54 heavy (non-hydrogen) atoms. The molecular formula is C52H33NO. The molecule has 4 aliphatic carbocycles. The summed E-state index contributed by atoms with van der Waals surface area (Å²) < 4.78 is 6.15. The van der Waals surface area contributed by atoms with E-state index in [9.17, 15) is 0 Å². The maximum atomic E-state index is 6.15. The summed E-state index contributed by atoms with van der Waals surface area (Å²) in [6.45, 7) is 0. The van der Waals surface area contributed by atoms with Crippen LogP contribution in [-0.4, -0.2) is 0 Å². The van der Waals surface area contributed by atoms with Crippen LogP contribution in [0.25, 0.3) is 66.6 Å². The van der Waals surface area contributed by atoms with Crippen LogP contribution in [0.4, 0.5) is 17.1 Å². The van der Waals surface area contributed by atoms with Crippen molar-refractivity contribution >= 4 is 61.4 Å². The van der Waals surface area contributed by atoms with Crippen LogP contribution in [0, 0.1) is 0 Å². The van der Waals surface area contributed by atoms with Crippen LogP contribution in [0.1, 0.15) is 28.5 Å². The lowest BCUT2D eigenvalue weighted by atomic mass is 9.62. The smallest absolute Gasteiger partial charge is 0.135 e. The van der Waals surface area contributed by atoms with Crippen molar-refractivity contribution in [3.63, 3.8) is 0 Å². The quantitative estimate of drug-likeness (QED) is 0.173. The Morgan fingerprint density at radius 3 is 2.17 bits per heavy atom. The van der Waals surface area contributed by atoms with Gasteiger partial charge in [-0.05, 0) is 114 Å². The van der Waals surface area contributed by atoms with E-state index < -0.39 is 0 Å². The second-order valence-corrected chi connectivity index (χ2v) is 14.8. The monoisotopic (exact) mass is 687 g/mol. The normalized spacial score (nSPS) is 16.2. The van der Waals surface area contributed by atoms with E-state index in [1.807, 2.05) is 12.1 Å². The first-order valence-electron chi connectivity index (χ1n) is 18.8. The van der Waals surface area contributed by atoms with E-state index >= 15 is 0 Å². The van der Waals surface area contributed by atoms with E-state index in [2.05, 4.69) is 181 Å². The van der Waals surface area contributed by atoms with Gasteiger partial charge in [-0.2, -0.15) is 0 Å². The van der Waals surface area contributed by atoms with Crippen molar-refractivity contribution in [2.75, 3.05) is 4.90 Å². The van der Waals surface area contributed by atoms with Gasteiger partial charge in [0.25, 0.3) is 0 Å². The number of anilines is 3. The third-order valence-corrected chi connectivity index (χ3v) is 12.0. The summed E-state index contributed by atoms with van der Waals surface area (Å²) in [6, 6.07) is 62.0. The Morgan fingerprint density at radius 1 is 0.500 bits per heavy atom. The van der Waals surface area contributed by atoms with Crippen molar-refractivity contribution in [1.82, 2.24) is 0 Å². The number of benzene rings is 8. The Morgan fingerprint density at radius 2 is 1.24 bits per heavy atom. The fourth-order valence-corrected chi connectivity index (χ4v) is 9.51. The fourth-order valence-electron chi connectivity index (χ4n) is 9.51. The first kappa shape index (κ1) is 29.7. The van der Waals surface area contributed by atoms with Gasteiger partial charge in [-0.1, -0.05) is 140 Å². The van der Waals surface area contributed by atoms with Gasteiger partial charge in [-0.25, -0.2) is 0 Å². The molecule has 0 N–H and O–H groups in total. The lowest BCUT2D eigenvalue weighted by Crippen LogP contribution is -2.42. The number of fused-ring (bicyclic) bond motifs is 4. The number of allylic oxidation sites excluding steroid dienone is 2. The molecule has 8 aromatic carbocycles. The van der Waals surface area contributed by atoms with Gasteiger partial charge in [0.1, 0.15) is 11.2 Å². The molecule has 0 saturated carbocycles. The van der Waals surface area contributed by atoms with Gasteiger partial charge in [0.2, 0.25) is 0 Å². The molecule has 1 aromatic heterocycles. The average Bonchev–Trinajstić information content (AvgIpc) is 3.43. The van der Waals surface area contributed by atoms with Gasteiger partial charge in [-0.3, -0.25) is 0 Å². The Hall–Kier alpha value is -6.90. The minimum absolute atomic E-state index is 0.227. The zero-order chi connectivity index (χ0) is 35.3. The minimum Gasteiger partial charge on any atom is -0.456 e. The standard InChI is InChI=1S/C52H33NO/c1-2-10-32(11-3-1)36-15-6-16-39(30-36)53(38-26-22-33(23-27-38)37-25-29-47-44(31-37)40-17-4-5-21-46(40)54-47)45-28-24-35-14-9-20-43-49(35)52(45)51(43)50-42-19-8-13-34-12-7-18-41(42)48(34)50/h1-31,42,51H. The molecule has 13 rings (SSSR count). The Balaban J connectivity index is 1.05. The molecule has 9 aromatic rings. The number of para-hydroxylation sites is 1. The zero-order valence-corrected chi connectivity index (χ0v) is 29.4. The number of rotatable bonds is 6. The van der Waals surface area contributed by atoms with E-state index in [1.54, 1.807) is 0 Å². The molecule has 0 amide bonds. The van der Waals surface area contributed by atoms with Gasteiger partial charge in [0.15, 0.2) is 0 Å². The summed E-state index contributed by atoms with van der Waals surface area (Å²) in [6.07, 6.45) is 6.94. The van der Waals surface area contributed by atoms with E-state index in [0.717, 1.165) is 33.3 Å². The maximum Gasteiger partial charge on any atom is 0.135 e. The molecule has 4 bridgehead atoms. The van der Waals surface area contributed by atoms with E-state index in [1.165, 1.54) is 71.4 Å². The second-order valence-electron chi connectivity index (χ2n) is 14.8. The molecule has 2 unspecified atom stereocenters. The summed E-state index contributed by atoms with van der Waals surface area (Å²) in [7, 11) is 0. The SMILES string of the molecule is C1=CC2C(C3c4cccc5ccc(N(c6ccc(-c7ccc8oc9ccccc9c8c7)cc6)c6cccc(-c7ccccc7)c6)c3c45)=c3c2cccc3=C1. The van der Waals surface area contributed by atoms with Crippen LogP contribution >= 0.6 is 0 Å². The summed E-state index contributed by atoms with van der Waals surface area (Å²) in [5.41, 5.74) is 16.0. The fraction of sp³-hybridized carbons (Fsp3) is 0.0385. The molecule has 0 aliphatic heterocycles. The predicted octanol–water partition coefficient (Wildman–Crippen LogP) is 12.3. The zero-order valence-electron chi connectivity index (χ0n) is 29.4. The lowest BCUT2D eigenvalue weighted by Gasteiger charge is -2.43. The first-order valence-corrected chi connectivity index (χ1v) is 18.8. The van der Waals surface area contributed by atoms with Crippen LogP contribution in [0.5, 0.6) is 0 Å². The van der Waals surface area contributed by atoms with Crippen molar-refractivity contribution in [2.45, 2.75) is 11.8 Å². The Labute approximate surface area is 312 Å². The van der Waals surface area contributed by atoms with Gasteiger partial charge >= 0.3 is 0 Å². The molecule has 0 saturated heterocycles. The van der Waals surface area contributed by atoms with Gasteiger partial charge in [0.05, 0.1) is 5.69 Å². The molecule has 0 radical (unpaired) electrons. The molecule has 4 aliphatic rings. The minimum atomic E-state index is 0.227. The van der Waals surface area contributed by atoms with Crippen LogP contribution < -0.4 is 15.3 Å². The highest BCUT2D eigenvalue weighted by Gasteiger charge is 2.42. The molecular weight excluding hydrogens is 655 g/mol. The Bertz CT molecular complexity index is 3170. The molecule has 2 nitrogen and oxygen atoms in total. The maximum absolute atomic E-state index is 6.15. The highest BCUT2D eigenvalue weighted by Crippen LogP contribution is 2.58. The largest absolute Gasteiger partial charge is 0.456 e. The number of hydrogen-bond acceptors (Lipinski definition) is 2. The van der Waals surface area contributed by atoms with Crippen molar-refractivity contribution in [3.8, 4) is 22.3 Å². The van der Waals surface area contributed by atoms with Crippen molar-refractivity contribution in [1.29, 1.82) is 0 Å². The summed E-state index contributed by atoms with van der Waals surface area (Å²) >= 11 is 0. The summed E-state index contributed by atoms with van der Waals surface area (Å²) in [4.78, 5) is 2.49.